The predicted molar refractivity (Wildman–Crippen MR) is 99.6 cm³/mol. The van der Waals surface area contributed by atoms with Crippen molar-refractivity contribution in [3.8, 4) is 0 Å². The molecule has 1 aromatic carbocycles. The molecule has 0 bridgehead atoms. The number of hydrogen-bond donors (Lipinski definition) is 2. The summed E-state index contributed by atoms with van der Waals surface area (Å²) in [6.45, 7) is 7.45. The van der Waals surface area contributed by atoms with Crippen molar-refractivity contribution in [2.24, 2.45) is 0 Å². The molecule has 6 nitrogen and oxygen atoms in total. The Balaban J connectivity index is 2.13. The first kappa shape index (κ1) is 19.8. The van der Waals surface area contributed by atoms with Crippen LogP contribution in [0.4, 0.5) is 5.69 Å². The molecule has 0 spiro atoms. The normalized spacial score (nSPS) is 17.6. The maximum absolute atomic E-state index is 12.5. The van der Waals surface area contributed by atoms with Crippen molar-refractivity contribution < 1.29 is 18.0 Å². The van der Waals surface area contributed by atoms with Gasteiger partial charge in [0.2, 0.25) is 11.8 Å². The van der Waals surface area contributed by atoms with Gasteiger partial charge in [-0.05, 0) is 45.4 Å². The van der Waals surface area contributed by atoms with Crippen LogP contribution in [0, 0.1) is 0 Å². The van der Waals surface area contributed by atoms with E-state index in [2.05, 4.69) is 10.6 Å². The Labute approximate surface area is 153 Å². The van der Waals surface area contributed by atoms with E-state index in [1.165, 1.54) is 17.8 Å². The highest BCUT2D eigenvalue weighted by atomic mass is 32.2. The molecule has 0 saturated heterocycles. The van der Waals surface area contributed by atoms with Gasteiger partial charge >= 0.3 is 0 Å². The average Bonchev–Trinajstić information content (AvgIpc) is 2.50. The maximum atomic E-state index is 12.5. The molecule has 1 aromatic rings. The molecule has 1 atom stereocenters. The van der Waals surface area contributed by atoms with Crippen molar-refractivity contribution in [3.05, 3.63) is 18.2 Å². The summed E-state index contributed by atoms with van der Waals surface area (Å²) in [5.74, 6) is -0.599. The van der Waals surface area contributed by atoms with Gasteiger partial charge in [-0.25, -0.2) is 8.42 Å². The molecule has 1 aliphatic rings. The van der Waals surface area contributed by atoms with Gasteiger partial charge in [0.05, 0.1) is 21.6 Å². The third-order valence-electron chi connectivity index (χ3n) is 3.61. The van der Waals surface area contributed by atoms with E-state index in [0.29, 0.717) is 12.1 Å². The van der Waals surface area contributed by atoms with Gasteiger partial charge in [0, 0.05) is 16.9 Å². The predicted octanol–water partition coefficient (Wildman–Crippen LogP) is 2.59. The Bertz CT molecular complexity index is 782. The molecule has 0 fully saturated rings. The second-order valence-electron chi connectivity index (χ2n) is 7.03. The van der Waals surface area contributed by atoms with Crippen LogP contribution >= 0.6 is 11.8 Å². The van der Waals surface area contributed by atoms with Gasteiger partial charge in [-0.15, -0.1) is 11.8 Å². The van der Waals surface area contributed by atoms with Gasteiger partial charge in [0.15, 0.2) is 9.84 Å². The molecule has 2 N–H and O–H groups in total. The van der Waals surface area contributed by atoms with Crippen LogP contribution in [0.2, 0.25) is 0 Å². The van der Waals surface area contributed by atoms with E-state index in [1.54, 1.807) is 12.1 Å². The summed E-state index contributed by atoms with van der Waals surface area (Å²) in [5, 5.41) is 5.33. The summed E-state index contributed by atoms with van der Waals surface area (Å²) >= 11 is 1.37. The van der Waals surface area contributed by atoms with Gasteiger partial charge in [-0.1, -0.05) is 6.92 Å². The second kappa shape index (κ2) is 7.37. The number of thioether (sulfide) groups is 1. The molecule has 138 valence electrons. The van der Waals surface area contributed by atoms with Crippen molar-refractivity contribution in [1.29, 1.82) is 0 Å². The monoisotopic (exact) mass is 384 g/mol. The van der Waals surface area contributed by atoms with Crippen LogP contribution in [0.1, 0.15) is 40.5 Å². The molecule has 25 heavy (non-hydrogen) atoms. The molecule has 1 aliphatic heterocycles. The highest BCUT2D eigenvalue weighted by molar-refractivity contribution is 8.01. The molecule has 0 saturated carbocycles. The van der Waals surface area contributed by atoms with Crippen LogP contribution in [-0.2, 0) is 19.4 Å². The van der Waals surface area contributed by atoms with Crippen LogP contribution in [0.15, 0.2) is 28.0 Å². The van der Waals surface area contributed by atoms with E-state index in [4.69, 9.17) is 0 Å². The molecule has 2 amide bonds. The quantitative estimate of drug-likeness (QED) is 0.814. The Hall–Kier alpha value is -1.54. The number of carbonyl (C=O) groups excluding carboxylic acids is 2. The molecule has 1 unspecified atom stereocenters. The zero-order chi connectivity index (χ0) is 18.8. The molecule has 0 aliphatic carbocycles. The molecular weight excluding hydrogens is 360 g/mol. The number of rotatable bonds is 5. The highest BCUT2D eigenvalue weighted by Gasteiger charge is 2.27. The third-order valence-corrected chi connectivity index (χ3v) is 6.75. The molecule has 0 radical (unpaired) electrons. The van der Waals surface area contributed by atoms with E-state index in [-0.39, 0.29) is 34.1 Å². The number of hydrogen-bond acceptors (Lipinski definition) is 5. The Morgan fingerprint density at radius 1 is 1.32 bits per heavy atom. The van der Waals surface area contributed by atoms with E-state index < -0.39 is 15.4 Å². The molecular formula is C17H24N2O4S2. The van der Waals surface area contributed by atoms with Gasteiger partial charge < -0.3 is 10.6 Å². The van der Waals surface area contributed by atoms with Gasteiger partial charge in [0.1, 0.15) is 0 Å². The lowest BCUT2D eigenvalue weighted by Crippen LogP contribution is -2.41. The summed E-state index contributed by atoms with van der Waals surface area (Å²) in [6, 6.07) is 4.66. The number of sulfone groups is 1. The lowest BCUT2D eigenvalue weighted by atomic mass is 10.1. The molecule has 8 heteroatoms. The van der Waals surface area contributed by atoms with Crippen LogP contribution in [0.25, 0.3) is 0 Å². The first-order chi connectivity index (χ1) is 11.5. The first-order valence-corrected chi connectivity index (χ1v) is 10.7. The summed E-state index contributed by atoms with van der Waals surface area (Å²) in [5.41, 5.74) is 0.237. The minimum absolute atomic E-state index is 0.0607. The average molecular weight is 385 g/mol. The van der Waals surface area contributed by atoms with Crippen LogP contribution in [0.3, 0.4) is 0 Å². The van der Waals surface area contributed by atoms with Gasteiger partial charge in [-0.2, -0.15) is 0 Å². The van der Waals surface area contributed by atoms with E-state index >= 15 is 0 Å². The molecule has 2 rings (SSSR count). The fourth-order valence-corrected chi connectivity index (χ4v) is 4.83. The van der Waals surface area contributed by atoms with Gasteiger partial charge in [-0.3, -0.25) is 9.59 Å². The number of fused-ring (bicyclic) bond motifs is 1. The van der Waals surface area contributed by atoms with Crippen molar-refractivity contribution in [2.45, 2.75) is 61.1 Å². The van der Waals surface area contributed by atoms with Crippen molar-refractivity contribution in [3.63, 3.8) is 0 Å². The Kier molecular flexibility index (Phi) is 5.83. The Morgan fingerprint density at radius 3 is 2.60 bits per heavy atom. The highest BCUT2D eigenvalue weighted by Crippen LogP contribution is 2.38. The first-order valence-electron chi connectivity index (χ1n) is 8.17. The third kappa shape index (κ3) is 5.22. The number of anilines is 1. The fourth-order valence-electron chi connectivity index (χ4n) is 2.41. The largest absolute Gasteiger partial charge is 0.351 e. The Morgan fingerprint density at radius 2 is 2.00 bits per heavy atom. The van der Waals surface area contributed by atoms with Crippen LogP contribution in [-0.4, -0.2) is 36.8 Å². The fraction of sp³-hybridized carbons (Fsp3) is 0.529. The lowest BCUT2D eigenvalue weighted by molar-refractivity contribution is -0.122. The summed E-state index contributed by atoms with van der Waals surface area (Å²) in [7, 11) is -3.57. The minimum atomic E-state index is -3.57. The number of amides is 2. The number of carbonyl (C=O) groups is 2. The lowest BCUT2D eigenvalue weighted by Gasteiger charge is -2.23. The van der Waals surface area contributed by atoms with E-state index in [1.807, 2.05) is 27.7 Å². The van der Waals surface area contributed by atoms with Crippen molar-refractivity contribution >= 4 is 39.1 Å². The zero-order valence-electron chi connectivity index (χ0n) is 14.9. The molecule has 1 heterocycles. The summed E-state index contributed by atoms with van der Waals surface area (Å²) in [6.07, 6.45) is 0.581. The minimum Gasteiger partial charge on any atom is -0.351 e. The van der Waals surface area contributed by atoms with Crippen molar-refractivity contribution in [2.75, 3.05) is 11.1 Å². The van der Waals surface area contributed by atoms with Gasteiger partial charge in [0.25, 0.3) is 0 Å². The SMILES string of the molecule is CCC1Sc2cc(S(=O)(=O)CCC(=O)NC(C)(C)C)ccc2NC1=O. The summed E-state index contributed by atoms with van der Waals surface area (Å²) in [4.78, 5) is 24.6. The van der Waals surface area contributed by atoms with E-state index in [9.17, 15) is 18.0 Å². The topological polar surface area (TPSA) is 92.3 Å². The van der Waals surface area contributed by atoms with E-state index in [0.717, 1.165) is 4.90 Å². The number of benzene rings is 1. The number of nitrogens with one attached hydrogen (secondary N) is 2. The van der Waals surface area contributed by atoms with Crippen LogP contribution < -0.4 is 10.6 Å². The molecule has 0 aromatic heterocycles. The zero-order valence-corrected chi connectivity index (χ0v) is 16.5. The standard InChI is InChI=1S/C17H24N2O4S2/c1-5-13-16(21)18-12-7-6-11(10-14(12)24-13)25(22,23)9-8-15(20)19-17(2,3)4/h6-7,10,13H,5,8-9H2,1-4H3,(H,18,21)(H,19,20). The smallest absolute Gasteiger partial charge is 0.237 e. The summed E-state index contributed by atoms with van der Waals surface area (Å²) < 4.78 is 25.1. The maximum Gasteiger partial charge on any atom is 0.237 e. The van der Waals surface area contributed by atoms with Crippen molar-refractivity contribution in [1.82, 2.24) is 5.32 Å². The second-order valence-corrected chi connectivity index (χ2v) is 10.4. The van der Waals surface area contributed by atoms with Crippen LogP contribution in [0.5, 0.6) is 0 Å².